The van der Waals surface area contributed by atoms with Crippen molar-refractivity contribution in [2.75, 3.05) is 0 Å². The van der Waals surface area contributed by atoms with Crippen LogP contribution in [-0.2, 0) is 0 Å². The maximum Gasteiger partial charge on any atom is 0.269 e. The lowest BCUT2D eigenvalue weighted by Gasteiger charge is -2.35. The molecule has 0 saturated heterocycles. The first-order valence-corrected chi connectivity index (χ1v) is 37.2. The lowest BCUT2D eigenvalue weighted by Crippen LogP contribution is -2.74. The van der Waals surface area contributed by atoms with Crippen molar-refractivity contribution in [2.24, 2.45) is 0 Å². The Labute approximate surface area is 622 Å². The van der Waals surface area contributed by atoms with Gasteiger partial charge in [0.2, 0.25) is 0 Å². The highest BCUT2D eigenvalue weighted by Gasteiger charge is 2.43. The molecule has 13 aromatic carbocycles. The average molecular weight is 1330 g/mol. The number of rotatable bonds is 16. The summed E-state index contributed by atoms with van der Waals surface area (Å²) in [6.45, 7) is 2.58. The largest absolute Gasteiger partial charge is 0.458 e. The quantitative estimate of drug-likeness (QED) is 0.0418. The maximum absolute atomic E-state index is 10.8. The molecule has 0 aliphatic rings. The number of nitrogens with zero attached hydrogens (tertiary/aromatic N) is 4. The molecule has 3 heterocycles. The summed E-state index contributed by atoms with van der Waals surface area (Å²) in [6, 6.07) is -12.2. The summed E-state index contributed by atoms with van der Waals surface area (Å²) >= 11 is 0. The molecule has 0 radical (unpaired) electrons. The first-order valence-electron chi connectivity index (χ1n) is 50.2. The topological polar surface area (TPSA) is 35.9 Å². The molecule has 0 unspecified atom stereocenters. The van der Waals surface area contributed by atoms with Crippen LogP contribution in [0.1, 0.15) is 61.8 Å². The third kappa shape index (κ3) is 10.4. The van der Waals surface area contributed by atoms with Gasteiger partial charge in [0.1, 0.15) is 17.3 Å². The van der Waals surface area contributed by atoms with E-state index in [1.165, 1.54) is 6.07 Å². The van der Waals surface area contributed by atoms with Crippen molar-refractivity contribution < 1.29 is 65.5 Å². The van der Waals surface area contributed by atoms with Crippen LogP contribution in [0.3, 0.4) is 0 Å². The number of aromatic nitrogens is 4. The zero-order chi connectivity index (χ0) is 100. The Hall–Kier alpha value is -11.3. The molecule has 0 bridgehead atoms. The number of benzene rings is 13. The van der Waals surface area contributed by atoms with E-state index in [2.05, 4.69) is 6.33 Å². The van der Waals surface area contributed by atoms with E-state index in [1.54, 1.807) is 117 Å². The lowest BCUT2D eigenvalue weighted by atomic mass is 10.0. The molecule has 460 valence electrons. The van der Waals surface area contributed by atoms with Crippen LogP contribution < -0.4 is 56.0 Å². The van der Waals surface area contributed by atoms with Gasteiger partial charge in [-0.1, -0.05) is 316 Å². The highest BCUT2D eigenvalue weighted by Crippen LogP contribution is 2.37. The minimum atomic E-state index is -6.39. The summed E-state index contributed by atoms with van der Waals surface area (Å²) in [5.41, 5.74) is -0.776. The highest BCUT2D eigenvalue weighted by molar-refractivity contribution is 7.20. The van der Waals surface area contributed by atoms with E-state index < -0.39 is 324 Å². The molecular formula is C88H70N4OSi3. The van der Waals surface area contributed by atoms with E-state index in [1.807, 2.05) is 19.6 Å². The molecule has 5 nitrogen and oxygen atoms in total. The minimum absolute atomic E-state index is 0.0675. The predicted octanol–water partition coefficient (Wildman–Crippen LogP) is 14.9. The molecule has 0 aliphatic carbocycles. The lowest BCUT2D eigenvalue weighted by molar-refractivity contribution is -0.570. The van der Waals surface area contributed by atoms with Crippen molar-refractivity contribution >= 4 is 104 Å². The summed E-state index contributed by atoms with van der Waals surface area (Å²) in [7, 11) is -15.6. The molecule has 0 saturated carbocycles. The Morgan fingerprint density at radius 2 is 0.906 bits per heavy atom. The molecule has 0 fully saturated rings. The number of ether oxygens (including phenoxy) is 1. The zero-order valence-electron chi connectivity index (χ0n) is 91.7. The van der Waals surface area contributed by atoms with Gasteiger partial charge in [-0.3, -0.25) is 13.7 Å². The third-order valence-electron chi connectivity index (χ3n) is 16.5. The SMILES string of the molecule is [2H]c1c([2H])c([2H])c([Si](c2c([2H])c([2H])c([2H])c([2H])c2[2H])(c2c([2H])c([2H])c([2H])c([2H])c2[2H])c2c([2H])c([2H])c([2H])c(-c3cnc(-n4c5ccccc5c5ccc(Oc6cccc(-n7[c-][n+](-c8c(-c9c([2H])c([2H])c([2H])c([Si](c%10c([2H])c([2H])c([2H])c([2H])c%10[2H])(c%10c([2H])c([2H])c([2H])c([2H])c%10[2H])c%10c([2H])c([2H])c([2H])c([2H])c%10[2H])c9[2H])cccc8[Si](C)(C)C)c8ccccc87)c6)cc54)cc3C([2H])([2H])[2H])c2[2H])c([2H])c1[2H]. The van der Waals surface area contributed by atoms with Crippen molar-refractivity contribution in [2.45, 2.75) is 26.5 Å². The molecule has 16 aromatic rings. The minimum Gasteiger partial charge on any atom is -0.458 e. The monoisotopic (exact) mass is 1320 g/mol. The Balaban J connectivity index is 0.882. The zero-order valence-corrected chi connectivity index (χ0v) is 53.7. The van der Waals surface area contributed by atoms with Crippen molar-refractivity contribution in [1.82, 2.24) is 14.1 Å². The second-order valence-electron chi connectivity index (χ2n) is 22.9. The number of fused-ring (bicyclic) bond motifs is 4. The van der Waals surface area contributed by atoms with Crippen molar-refractivity contribution in [3.8, 4) is 50.9 Å². The predicted molar refractivity (Wildman–Crippen MR) is 408 cm³/mol. The maximum atomic E-state index is 10.8. The molecule has 0 amide bonds. The summed E-state index contributed by atoms with van der Waals surface area (Å²) in [4.78, 5) is 4.80. The second-order valence-corrected chi connectivity index (χ2v) is 35.0. The Kier molecular flexibility index (Phi) is 7.78. The van der Waals surface area contributed by atoms with Crippen LogP contribution in [0.4, 0.5) is 0 Å². The molecule has 0 aliphatic heterocycles. The van der Waals surface area contributed by atoms with E-state index >= 15 is 0 Å². The van der Waals surface area contributed by atoms with Gasteiger partial charge in [0.15, 0.2) is 16.1 Å². The van der Waals surface area contributed by atoms with Gasteiger partial charge in [-0.25, -0.2) is 4.98 Å². The average Bonchev–Trinajstić information content (AvgIpc) is 1.56. The van der Waals surface area contributed by atoms with Crippen molar-refractivity contribution in [1.29, 1.82) is 0 Å². The van der Waals surface area contributed by atoms with Gasteiger partial charge in [0, 0.05) is 32.7 Å². The van der Waals surface area contributed by atoms with E-state index in [-0.39, 0.29) is 28.6 Å². The number of hydrogen-bond donors (Lipinski definition) is 0. The highest BCUT2D eigenvalue weighted by atomic mass is 28.3. The first-order chi connectivity index (χ1) is 64.1. The van der Waals surface area contributed by atoms with Crippen LogP contribution in [0.5, 0.6) is 11.5 Å². The summed E-state index contributed by atoms with van der Waals surface area (Å²) in [5, 5.41) is -6.78. The molecule has 0 atom stereocenters. The third-order valence-corrected chi connectivity index (χ3v) is 26.5. The van der Waals surface area contributed by atoms with Crippen LogP contribution in [0.15, 0.2) is 351 Å². The van der Waals surface area contributed by atoms with Gasteiger partial charge in [0.25, 0.3) is 6.33 Å². The number of imidazole rings is 1. The number of hydrogen-bond acceptors (Lipinski definition) is 2. The molecule has 16 rings (SSSR count). The summed E-state index contributed by atoms with van der Waals surface area (Å²) in [5.74, 6) is 0.158. The van der Waals surface area contributed by atoms with Crippen LogP contribution >= 0.6 is 0 Å². The molecule has 96 heavy (non-hydrogen) atoms. The van der Waals surface area contributed by atoms with E-state index in [9.17, 15) is 31.5 Å². The number of pyridine rings is 1. The van der Waals surface area contributed by atoms with Crippen LogP contribution in [0.2, 0.25) is 19.6 Å². The molecule has 3 aromatic heterocycles. The fraction of sp³-hybridized carbons (Fsp3) is 0.0455. The van der Waals surface area contributed by atoms with Crippen LogP contribution in [-0.4, -0.2) is 38.3 Å². The first kappa shape index (κ1) is 30.0. The van der Waals surface area contributed by atoms with Gasteiger partial charge in [-0.05, 0) is 118 Å². The van der Waals surface area contributed by atoms with E-state index in [0.29, 0.717) is 43.7 Å². The Morgan fingerprint density at radius 1 is 0.427 bits per heavy atom. The second kappa shape index (κ2) is 24.9. The molecule has 0 N–H and O–H groups in total. The fourth-order valence-corrected chi connectivity index (χ4v) is 21.0. The van der Waals surface area contributed by atoms with Crippen molar-refractivity contribution in [3.05, 3.63) is 363 Å². The van der Waals surface area contributed by atoms with Gasteiger partial charge < -0.3 is 4.74 Å². The van der Waals surface area contributed by atoms with Gasteiger partial charge in [-0.15, -0.1) is 0 Å². The summed E-state index contributed by atoms with van der Waals surface area (Å²) in [6.07, 6.45) is 4.40. The summed E-state index contributed by atoms with van der Waals surface area (Å²) < 4.78 is 398. The van der Waals surface area contributed by atoms with E-state index in [4.69, 9.17) is 34.4 Å². The number of para-hydroxylation sites is 4. The van der Waals surface area contributed by atoms with Gasteiger partial charge >= 0.3 is 0 Å². The van der Waals surface area contributed by atoms with Gasteiger partial charge in [0.05, 0.1) is 93.6 Å². The number of aryl methyl sites for hydroxylation is 1. The van der Waals surface area contributed by atoms with Crippen LogP contribution in [0.25, 0.3) is 72.3 Å². The van der Waals surface area contributed by atoms with Gasteiger partial charge in [-0.2, -0.15) is 0 Å². The van der Waals surface area contributed by atoms with E-state index in [0.717, 1.165) is 12.3 Å². The Morgan fingerprint density at radius 3 is 1.45 bits per heavy atom. The Bertz CT molecular complexity index is 7540. The van der Waals surface area contributed by atoms with Crippen molar-refractivity contribution in [3.63, 3.8) is 0 Å². The normalized spacial score (nSPS) is 18.1. The van der Waals surface area contributed by atoms with Crippen LogP contribution in [0, 0.1) is 13.2 Å². The smallest absolute Gasteiger partial charge is 0.269 e. The molecule has 8 heteroatoms. The standard InChI is InChI=1S/C88H70N4OSi3/c1-64-57-87(89-62-81(64)66-32-28-48-77(59-66)96(73-41-17-8-18-42-73,74-43-19-9-20-44-74)75-45-21-10-22-46-75)92-82-51-24-23-49-79(82)80-56-55-69(61-85(80)92)93-68-34-29-33-67(60-68)90-63-91(84-53-26-25-52-83(84)90)88-78(50-30-54-86(88)94(2,3)4)65-31-27-47-76(58-65)95(70-35-11-5-12-36-70,71-37-13-6-14-38-71)72-39-15-7-16-40-72/h5-62H,1-4H3/i1D3,5D,6D,7D,8D,9D,10D,11D,12D,13D,14D,15D,16D,17D,18D,19D,20D,21D,22D,27D,28D,31D,32D,35D,36D,37D,38D,39D,40D,41D,42D,43D,44D,45D,46D,47D,48D,58D,59D. The molecular weight excluding hydrogens is 1210 g/mol. The fourth-order valence-electron chi connectivity index (χ4n) is 12.3. The molecule has 0 spiro atoms.